The molecule has 0 saturated carbocycles. The maximum absolute atomic E-state index is 10.3. The van der Waals surface area contributed by atoms with Gasteiger partial charge >= 0.3 is 5.97 Å². The summed E-state index contributed by atoms with van der Waals surface area (Å²) in [6.45, 7) is 0.934. The Balaban J connectivity index is 1.85. The van der Waals surface area contributed by atoms with Crippen LogP contribution >= 0.6 is 0 Å². The zero-order valence-corrected chi connectivity index (χ0v) is 9.41. The zero-order valence-electron chi connectivity index (χ0n) is 9.41. The summed E-state index contributed by atoms with van der Waals surface area (Å²) in [5.74, 6) is -0.675. The van der Waals surface area contributed by atoms with E-state index in [1.165, 1.54) is 25.7 Å². The highest BCUT2D eigenvalue weighted by molar-refractivity contribution is 5.66. The molecule has 3 heteroatoms. The van der Waals surface area contributed by atoms with Crippen LogP contribution in [0.5, 0.6) is 0 Å². The Hall–Kier alpha value is -0.570. The number of hydrogen-bond acceptors (Lipinski definition) is 2. The molecule has 1 atom stereocenters. The van der Waals surface area contributed by atoms with E-state index >= 15 is 0 Å². The molecule has 1 heterocycles. The second-order valence-corrected chi connectivity index (χ2v) is 4.34. The summed E-state index contributed by atoms with van der Waals surface area (Å²) >= 11 is 0. The van der Waals surface area contributed by atoms with Gasteiger partial charge in [-0.15, -0.1) is 0 Å². The fraction of sp³-hybridized carbons (Fsp3) is 0.917. The van der Waals surface area contributed by atoms with Crippen LogP contribution in [0.25, 0.3) is 0 Å². The van der Waals surface area contributed by atoms with E-state index in [1.54, 1.807) is 0 Å². The molecule has 3 nitrogen and oxygen atoms in total. The Morgan fingerprint density at radius 1 is 1.20 bits per heavy atom. The molecule has 15 heavy (non-hydrogen) atoms. The SMILES string of the molecule is O=C(O)CCCCCCC1CCCCO1. The van der Waals surface area contributed by atoms with Gasteiger partial charge in [0.2, 0.25) is 0 Å². The third-order valence-electron chi connectivity index (χ3n) is 2.94. The van der Waals surface area contributed by atoms with Gasteiger partial charge in [-0.05, 0) is 32.1 Å². The summed E-state index contributed by atoms with van der Waals surface area (Å²) in [5.41, 5.74) is 0. The van der Waals surface area contributed by atoms with Gasteiger partial charge in [-0.25, -0.2) is 0 Å². The molecule has 88 valence electrons. The van der Waals surface area contributed by atoms with Gasteiger partial charge < -0.3 is 9.84 Å². The number of unbranched alkanes of at least 4 members (excludes halogenated alkanes) is 3. The molecule has 0 aliphatic carbocycles. The van der Waals surface area contributed by atoms with Crippen molar-refractivity contribution in [2.75, 3.05) is 6.61 Å². The topological polar surface area (TPSA) is 46.5 Å². The lowest BCUT2D eigenvalue weighted by Crippen LogP contribution is -2.18. The molecule has 0 aromatic carbocycles. The molecule has 0 spiro atoms. The average molecular weight is 214 g/mol. The normalized spacial score (nSPS) is 21.5. The lowest BCUT2D eigenvalue weighted by molar-refractivity contribution is -0.137. The van der Waals surface area contributed by atoms with Crippen molar-refractivity contribution in [3.05, 3.63) is 0 Å². The van der Waals surface area contributed by atoms with Gasteiger partial charge in [-0.2, -0.15) is 0 Å². The van der Waals surface area contributed by atoms with Crippen LogP contribution in [0.1, 0.15) is 57.8 Å². The van der Waals surface area contributed by atoms with Crippen molar-refractivity contribution in [2.45, 2.75) is 63.9 Å². The number of carbonyl (C=O) groups is 1. The van der Waals surface area contributed by atoms with Crippen LogP contribution in [-0.4, -0.2) is 23.8 Å². The number of aliphatic carboxylic acids is 1. The molecule has 1 saturated heterocycles. The lowest BCUT2D eigenvalue weighted by Gasteiger charge is -2.22. The summed E-state index contributed by atoms with van der Waals surface area (Å²) < 4.78 is 5.63. The van der Waals surface area contributed by atoms with Gasteiger partial charge in [-0.1, -0.05) is 19.3 Å². The number of rotatable bonds is 7. The minimum atomic E-state index is -0.675. The van der Waals surface area contributed by atoms with Crippen molar-refractivity contribution in [2.24, 2.45) is 0 Å². The minimum absolute atomic E-state index is 0.319. The monoisotopic (exact) mass is 214 g/mol. The maximum Gasteiger partial charge on any atom is 0.303 e. The maximum atomic E-state index is 10.3. The van der Waals surface area contributed by atoms with Crippen molar-refractivity contribution in [3.8, 4) is 0 Å². The predicted octanol–water partition coefficient (Wildman–Crippen LogP) is 2.98. The first-order chi connectivity index (χ1) is 7.29. The second-order valence-electron chi connectivity index (χ2n) is 4.34. The Morgan fingerprint density at radius 3 is 2.67 bits per heavy atom. The molecular weight excluding hydrogens is 192 g/mol. The largest absolute Gasteiger partial charge is 0.481 e. The molecule has 0 aromatic heterocycles. The van der Waals surface area contributed by atoms with Crippen LogP contribution in [0.2, 0.25) is 0 Å². The van der Waals surface area contributed by atoms with Gasteiger partial charge in [-0.3, -0.25) is 4.79 Å². The summed E-state index contributed by atoms with van der Waals surface area (Å²) in [5, 5.41) is 8.45. The Kier molecular flexibility index (Phi) is 6.41. The standard InChI is InChI=1S/C12H22O3/c13-12(14)9-4-2-1-3-7-11-8-5-6-10-15-11/h11H,1-10H2,(H,13,14). The Labute approximate surface area is 91.8 Å². The van der Waals surface area contributed by atoms with Crippen LogP contribution in [-0.2, 0) is 9.53 Å². The molecule has 1 fully saturated rings. The van der Waals surface area contributed by atoms with E-state index in [0.29, 0.717) is 12.5 Å². The molecule has 1 aliphatic heterocycles. The molecule has 0 aromatic rings. The summed E-state index contributed by atoms with van der Waals surface area (Å²) in [6, 6.07) is 0. The van der Waals surface area contributed by atoms with Gasteiger partial charge in [0.05, 0.1) is 6.10 Å². The van der Waals surface area contributed by atoms with Gasteiger partial charge in [0.25, 0.3) is 0 Å². The van der Waals surface area contributed by atoms with Crippen molar-refractivity contribution < 1.29 is 14.6 Å². The molecule has 1 N–H and O–H groups in total. The highest BCUT2D eigenvalue weighted by atomic mass is 16.5. The molecule has 0 amide bonds. The van der Waals surface area contributed by atoms with Gasteiger partial charge in [0.15, 0.2) is 0 Å². The highest BCUT2D eigenvalue weighted by Crippen LogP contribution is 2.18. The summed E-state index contributed by atoms with van der Waals surface area (Å²) in [4.78, 5) is 10.3. The van der Waals surface area contributed by atoms with Crippen molar-refractivity contribution in [1.82, 2.24) is 0 Å². The van der Waals surface area contributed by atoms with Crippen LogP contribution in [0, 0.1) is 0 Å². The smallest absolute Gasteiger partial charge is 0.303 e. The average Bonchev–Trinajstić information content (AvgIpc) is 2.24. The first-order valence-electron chi connectivity index (χ1n) is 6.12. The first-order valence-corrected chi connectivity index (χ1v) is 6.12. The van der Waals surface area contributed by atoms with Crippen molar-refractivity contribution in [1.29, 1.82) is 0 Å². The molecule has 0 radical (unpaired) electrons. The number of hydrogen-bond donors (Lipinski definition) is 1. The third kappa shape index (κ3) is 6.50. The van der Waals surface area contributed by atoms with E-state index in [0.717, 1.165) is 32.3 Å². The molecule has 1 unspecified atom stereocenters. The number of carboxylic acids is 1. The number of ether oxygens (including phenoxy) is 1. The van der Waals surface area contributed by atoms with E-state index in [4.69, 9.17) is 9.84 Å². The molecular formula is C12H22O3. The van der Waals surface area contributed by atoms with E-state index in [1.807, 2.05) is 0 Å². The van der Waals surface area contributed by atoms with E-state index in [9.17, 15) is 4.79 Å². The van der Waals surface area contributed by atoms with Crippen LogP contribution < -0.4 is 0 Å². The predicted molar refractivity (Wildman–Crippen MR) is 58.9 cm³/mol. The van der Waals surface area contributed by atoms with Crippen molar-refractivity contribution in [3.63, 3.8) is 0 Å². The van der Waals surface area contributed by atoms with Crippen molar-refractivity contribution >= 4 is 5.97 Å². The zero-order chi connectivity index (χ0) is 10.9. The Morgan fingerprint density at radius 2 is 2.00 bits per heavy atom. The summed E-state index contributed by atoms with van der Waals surface area (Å²) in [7, 11) is 0. The van der Waals surface area contributed by atoms with Crippen LogP contribution in [0.15, 0.2) is 0 Å². The van der Waals surface area contributed by atoms with Crippen LogP contribution in [0.4, 0.5) is 0 Å². The van der Waals surface area contributed by atoms with Crippen LogP contribution in [0.3, 0.4) is 0 Å². The molecule has 0 bridgehead atoms. The highest BCUT2D eigenvalue weighted by Gasteiger charge is 2.12. The van der Waals surface area contributed by atoms with E-state index in [-0.39, 0.29) is 0 Å². The van der Waals surface area contributed by atoms with Gasteiger partial charge in [0, 0.05) is 13.0 Å². The minimum Gasteiger partial charge on any atom is -0.481 e. The second kappa shape index (κ2) is 7.69. The number of carboxylic acid groups (broad SMARTS) is 1. The van der Waals surface area contributed by atoms with E-state index in [2.05, 4.69) is 0 Å². The fourth-order valence-corrected chi connectivity index (χ4v) is 2.04. The first kappa shape index (κ1) is 12.5. The molecule has 1 aliphatic rings. The lowest BCUT2D eigenvalue weighted by atomic mass is 10.0. The Bertz CT molecular complexity index is 174. The van der Waals surface area contributed by atoms with Gasteiger partial charge in [0.1, 0.15) is 0 Å². The third-order valence-corrected chi connectivity index (χ3v) is 2.94. The molecule has 1 rings (SSSR count). The van der Waals surface area contributed by atoms with E-state index < -0.39 is 5.97 Å². The summed E-state index contributed by atoms with van der Waals surface area (Å²) in [6.07, 6.45) is 9.90. The fourth-order valence-electron chi connectivity index (χ4n) is 2.04. The quantitative estimate of drug-likeness (QED) is 0.663.